The molecule has 0 fully saturated rings. The van der Waals surface area contributed by atoms with E-state index in [0.717, 1.165) is 24.3 Å². The van der Waals surface area contributed by atoms with Crippen LogP contribution in [0.2, 0.25) is 0 Å². The summed E-state index contributed by atoms with van der Waals surface area (Å²) >= 11 is 0. The lowest BCUT2D eigenvalue weighted by molar-refractivity contribution is 0.0996. The molecular formula is C13H12N2O2. The van der Waals surface area contributed by atoms with Gasteiger partial charge in [-0.25, -0.2) is 0 Å². The van der Waals surface area contributed by atoms with Gasteiger partial charge in [-0.1, -0.05) is 0 Å². The third kappa shape index (κ3) is 1.89. The number of hydrogen-bond acceptors (Lipinski definition) is 3. The molecule has 0 saturated heterocycles. The van der Waals surface area contributed by atoms with Crippen molar-refractivity contribution in [2.24, 2.45) is 0 Å². The predicted octanol–water partition coefficient (Wildman–Crippen LogP) is 2.50. The molecule has 2 N–H and O–H groups in total. The van der Waals surface area contributed by atoms with Crippen LogP contribution in [-0.4, -0.2) is 12.5 Å². The molecule has 2 aromatic rings. The van der Waals surface area contributed by atoms with E-state index in [9.17, 15) is 4.79 Å². The van der Waals surface area contributed by atoms with Gasteiger partial charge >= 0.3 is 0 Å². The maximum Gasteiger partial charge on any atom is 0.291 e. The number of carbonyl (C=O) groups excluding carboxylic acids is 1. The van der Waals surface area contributed by atoms with Crippen LogP contribution in [0.3, 0.4) is 0 Å². The predicted molar refractivity (Wildman–Crippen MR) is 65.3 cm³/mol. The minimum absolute atomic E-state index is 0.221. The summed E-state index contributed by atoms with van der Waals surface area (Å²) < 4.78 is 5.04. The van der Waals surface area contributed by atoms with Crippen LogP contribution in [0.25, 0.3) is 0 Å². The first kappa shape index (κ1) is 9.96. The van der Waals surface area contributed by atoms with E-state index >= 15 is 0 Å². The molecular weight excluding hydrogens is 216 g/mol. The van der Waals surface area contributed by atoms with Crippen molar-refractivity contribution in [3.05, 3.63) is 47.9 Å². The van der Waals surface area contributed by atoms with Gasteiger partial charge in [-0.3, -0.25) is 4.79 Å². The Balaban J connectivity index is 1.80. The molecule has 0 aliphatic carbocycles. The summed E-state index contributed by atoms with van der Waals surface area (Å²) in [6, 6.07) is 9.21. The lowest BCUT2D eigenvalue weighted by Crippen LogP contribution is -2.10. The largest absolute Gasteiger partial charge is 0.459 e. The van der Waals surface area contributed by atoms with Crippen LogP contribution >= 0.6 is 0 Å². The molecule has 0 bridgehead atoms. The second-order valence-corrected chi connectivity index (χ2v) is 3.98. The fourth-order valence-electron chi connectivity index (χ4n) is 1.98. The van der Waals surface area contributed by atoms with Gasteiger partial charge in [0.15, 0.2) is 5.76 Å². The molecule has 1 aromatic heterocycles. The fourth-order valence-corrected chi connectivity index (χ4v) is 1.98. The summed E-state index contributed by atoms with van der Waals surface area (Å²) in [6.07, 6.45) is 2.49. The van der Waals surface area contributed by atoms with E-state index in [1.807, 2.05) is 18.2 Å². The minimum atomic E-state index is -0.221. The second-order valence-electron chi connectivity index (χ2n) is 3.98. The Morgan fingerprint density at radius 3 is 3.12 bits per heavy atom. The molecule has 1 amide bonds. The molecule has 0 spiro atoms. The van der Waals surface area contributed by atoms with Crippen LogP contribution in [0, 0.1) is 0 Å². The van der Waals surface area contributed by atoms with Gasteiger partial charge in [0.05, 0.1) is 6.26 Å². The van der Waals surface area contributed by atoms with Crippen LogP contribution in [0.5, 0.6) is 0 Å². The number of rotatable bonds is 2. The van der Waals surface area contributed by atoms with Crippen molar-refractivity contribution in [2.75, 3.05) is 17.2 Å². The number of fused-ring (bicyclic) bond motifs is 1. The number of carbonyl (C=O) groups is 1. The van der Waals surface area contributed by atoms with Crippen molar-refractivity contribution >= 4 is 17.3 Å². The molecule has 3 rings (SSSR count). The second kappa shape index (κ2) is 3.97. The molecule has 86 valence electrons. The molecule has 0 radical (unpaired) electrons. The summed E-state index contributed by atoms with van der Waals surface area (Å²) in [4.78, 5) is 11.8. The SMILES string of the molecule is O=C(Nc1ccc2c(c1)CCN2)c1ccco1. The van der Waals surface area contributed by atoms with E-state index in [-0.39, 0.29) is 5.91 Å². The van der Waals surface area contributed by atoms with Crippen LogP contribution in [-0.2, 0) is 6.42 Å². The molecule has 1 aliphatic rings. The first-order chi connectivity index (χ1) is 8.33. The molecule has 4 heteroatoms. The van der Waals surface area contributed by atoms with Crippen molar-refractivity contribution in [3.8, 4) is 0 Å². The zero-order valence-corrected chi connectivity index (χ0v) is 9.19. The van der Waals surface area contributed by atoms with Gasteiger partial charge in [-0.2, -0.15) is 0 Å². The first-order valence-corrected chi connectivity index (χ1v) is 5.54. The molecule has 1 aliphatic heterocycles. The summed E-state index contributed by atoms with van der Waals surface area (Å²) in [6.45, 7) is 0.963. The van der Waals surface area contributed by atoms with E-state index in [2.05, 4.69) is 10.6 Å². The van der Waals surface area contributed by atoms with E-state index < -0.39 is 0 Å². The Hall–Kier alpha value is -2.23. The maximum absolute atomic E-state index is 11.8. The average Bonchev–Trinajstić information content (AvgIpc) is 2.99. The van der Waals surface area contributed by atoms with Gasteiger partial charge < -0.3 is 15.1 Å². The summed E-state index contributed by atoms with van der Waals surface area (Å²) in [5.41, 5.74) is 3.19. The number of nitrogens with one attached hydrogen (secondary N) is 2. The van der Waals surface area contributed by atoms with Crippen molar-refractivity contribution in [1.82, 2.24) is 0 Å². The third-order valence-electron chi connectivity index (χ3n) is 2.82. The number of anilines is 2. The monoisotopic (exact) mass is 228 g/mol. The molecule has 2 heterocycles. The number of benzene rings is 1. The Morgan fingerprint density at radius 1 is 1.35 bits per heavy atom. The number of amides is 1. The normalized spacial score (nSPS) is 12.9. The van der Waals surface area contributed by atoms with E-state index in [1.54, 1.807) is 12.1 Å². The highest BCUT2D eigenvalue weighted by atomic mass is 16.3. The van der Waals surface area contributed by atoms with Crippen molar-refractivity contribution in [3.63, 3.8) is 0 Å². The summed E-state index contributed by atoms with van der Waals surface area (Å²) in [5.74, 6) is 0.101. The quantitative estimate of drug-likeness (QED) is 0.830. The van der Waals surface area contributed by atoms with Gasteiger partial charge in [0.25, 0.3) is 5.91 Å². The number of furan rings is 1. The van der Waals surface area contributed by atoms with Crippen LogP contribution in [0.1, 0.15) is 16.1 Å². The van der Waals surface area contributed by atoms with Gasteiger partial charge in [-0.05, 0) is 42.3 Å². The van der Waals surface area contributed by atoms with Gasteiger partial charge in [-0.15, -0.1) is 0 Å². The summed E-state index contributed by atoms with van der Waals surface area (Å²) in [5, 5.41) is 6.09. The Bertz CT molecular complexity index is 547. The molecule has 1 aromatic carbocycles. The lowest BCUT2D eigenvalue weighted by Gasteiger charge is -2.05. The standard InChI is InChI=1S/C13H12N2O2/c16-13(12-2-1-7-17-12)15-10-3-4-11-9(8-10)5-6-14-11/h1-4,7-8,14H,5-6H2,(H,15,16). The topological polar surface area (TPSA) is 54.3 Å². The van der Waals surface area contributed by atoms with Crippen molar-refractivity contribution in [1.29, 1.82) is 0 Å². The zero-order chi connectivity index (χ0) is 11.7. The van der Waals surface area contributed by atoms with Crippen LogP contribution in [0.15, 0.2) is 41.0 Å². The van der Waals surface area contributed by atoms with Crippen molar-refractivity contribution in [2.45, 2.75) is 6.42 Å². The van der Waals surface area contributed by atoms with Crippen molar-refractivity contribution < 1.29 is 9.21 Å². The number of hydrogen-bond donors (Lipinski definition) is 2. The third-order valence-corrected chi connectivity index (χ3v) is 2.82. The highest BCUT2D eigenvalue weighted by Gasteiger charge is 2.12. The molecule has 4 nitrogen and oxygen atoms in total. The lowest BCUT2D eigenvalue weighted by atomic mass is 10.1. The molecule has 0 unspecified atom stereocenters. The molecule has 17 heavy (non-hydrogen) atoms. The average molecular weight is 228 g/mol. The molecule has 0 saturated carbocycles. The first-order valence-electron chi connectivity index (χ1n) is 5.54. The zero-order valence-electron chi connectivity index (χ0n) is 9.19. The van der Waals surface area contributed by atoms with Crippen LogP contribution in [0.4, 0.5) is 11.4 Å². The Morgan fingerprint density at radius 2 is 2.29 bits per heavy atom. The van der Waals surface area contributed by atoms with E-state index in [1.165, 1.54) is 11.8 Å². The van der Waals surface area contributed by atoms with Crippen LogP contribution < -0.4 is 10.6 Å². The van der Waals surface area contributed by atoms with Gasteiger partial charge in [0, 0.05) is 17.9 Å². The van der Waals surface area contributed by atoms with E-state index in [4.69, 9.17) is 4.42 Å². The highest BCUT2D eigenvalue weighted by molar-refractivity contribution is 6.02. The Kier molecular flexibility index (Phi) is 2.33. The highest BCUT2D eigenvalue weighted by Crippen LogP contribution is 2.25. The maximum atomic E-state index is 11.8. The van der Waals surface area contributed by atoms with Gasteiger partial charge in [0.1, 0.15) is 0 Å². The van der Waals surface area contributed by atoms with Gasteiger partial charge in [0.2, 0.25) is 0 Å². The Labute approximate surface area is 98.6 Å². The fraction of sp³-hybridized carbons (Fsp3) is 0.154. The minimum Gasteiger partial charge on any atom is -0.459 e. The smallest absolute Gasteiger partial charge is 0.291 e. The summed E-state index contributed by atoms with van der Waals surface area (Å²) in [7, 11) is 0. The van der Waals surface area contributed by atoms with E-state index in [0.29, 0.717) is 5.76 Å². The molecule has 0 atom stereocenters.